The number of carbonyl (C=O) groups excluding carboxylic acids is 6. The highest BCUT2D eigenvalue weighted by molar-refractivity contribution is 6.38. The van der Waals surface area contributed by atoms with E-state index in [0.717, 1.165) is 32.1 Å². The van der Waals surface area contributed by atoms with Crippen LogP contribution < -0.4 is 26.6 Å². The molecule has 0 aromatic heterocycles. The molecule has 1 heterocycles. The summed E-state index contributed by atoms with van der Waals surface area (Å²) >= 11 is 0. The second-order valence-electron chi connectivity index (χ2n) is 18.2. The third-order valence-electron chi connectivity index (χ3n) is 12.8. The average Bonchev–Trinajstić information content (AvgIpc) is 3.44. The van der Waals surface area contributed by atoms with Crippen molar-refractivity contribution >= 4 is 35.6 Å². The van der Waals surface area contributed by atoms with Crippen LogP contribution in [0.4, 0.5) is 9.59 Å². The number of nitrogens with one attached hydrogen (secondary N) is 5. The molecular weight excluding hydrogens is 700 g/mol. The van der Waals surface area contributed by atoms with Crippen molar-refractivity contribution in [2.75, 3.05) is 26.2 Å². The zero-order chi connectivity index (χ0) is 40.6. The highest BCUT2D eigenvalue weighted by atomic mass is 16.5. The van der Waals surface area contributed by atoms with E-state index in [1.165, 1.54) is 25.3 Å². The quantitative estimate of drug-likeness (QED) is 0.0867. The van der Waals surface area contributed by atoms with E-state index in [1.807, 2.05) is 27.7 Å². The van der Waals surface area contributed by atoms with Crippen LogP contribution in [-0.2, 0) is 23.9 Å². The van der Waals surface area contributed by atoms with Gasteiger partial charge in [-0.3, -0.25) is 19.2 Å². The molecule has 6 atom stereocenters. The number of carbonyl (C=O) groups is 6. The number of ketones is 1. The van der Waals surface area contributed by atoms with Gasteiger partial charge < -0.3 is 36.2 Å². The number of likely N-dealkylation sites (tertiary alicyclic amines) is 1. The van der Waals surface area contributed by atoms with Crippen molar-refractivity contribution in [3.63, 3.8) is 0 Å². The van der Waals surface area contributed by atoms with Gasteiger partial charge in [0.1, 0.15) is 18.7 Å². The molecule has 4 rings (SSSR count). The van der Waals surface area contributed by atoms with Crippen LogP contribution in [-0.4, -0.2) is 90.9 Å². The molecule has 4 fully saturated rings. The average molecular weight is 767 g/mol. The normalized spacial score (nSPS) is 24.4. The summed E-state index contributed by atoms with van der Waals surface area (Å²) in [5.41, 5.74) is -1.30. The molecule has 55 heavy (non-hydrogen) atoms. The predicted octanol–water partition coefficient (Wildman–Crippen LogP) is 4.60. The van der Waals surface area contributed by atoms with E-state index in [9.17, 15) is 28.8 Å². The first-order valence-corrected chi connectivity index (χ1v) is 20.4. The summed E-state index contributed by atoms with van der Waals surface area (Å²) in [5.74, 6) is 0.233. The lowest BCUT2D eigenvalue weighted by Gasteiger charge is -2.43. The molecule has 0 radical (unpaired) electrons. The molecule has 0 aromatic rings. The molecule has 13 heteroatoms. The van der Waals surface area contributed by atoms with Gasteiger partial charge in [-0.1, -0.05) is 86.1 Å². The number of piperidine rings is 1. The van der Waals surface area contributed by atoms with Crippen LogP contribution in [0.5, 0.6) is 0 Å². The summed E-state index contributed by atoms with van der Waals surface area (Å²) < 4.78 is 5.60. The molecule has 4 aliphatic rings. The van der Waals surface area contributed by atoms with Crippen molar-refractivity contribution in [1.82, 2.24) is 31.5 Å². The summed E-state index contributed by atoms with van der Waals surface area (Å²) in [6, 6.07) is -4.16. The number of fused-ring (bicyclic) bond motifs is 1. The van der Waals surface area contributed by atoms with E-state index in [1.54, 1.807) is 4.90 Å². The Labute approximate surface area is 328 Å². The van der Waals surface area contributed by atoms with Crippen LogP contribution >= 0.6 is 0 Å². The van der Waals surface area contributed by atoms with Gasteiger partial charge in [0.05, 0.1) is 12.1 Å². The van der Waals surface area contributed by atoms with Gasteiger partial charge in [-0.2, -0.15) is 0 Å². The van der Waals surface area contributed by atoms with Crippen molar-refractivity contribution in [2.45, 2.75) is 143 Å². The number of ether oxygens (including phenoxy) is 1. The summed E-state index contributed by atoms with van der Waals surface area (Å²) in [6.45, 7) is 16.4. The number of rotatable bonds is 16. The summed E-state index contributed by atoms with van der Waals surface area (Å²) in [7, 11) is 0. The molecule has 1 saturated heterocycles. The van der Waals surface area contributed by atoms with Gasteiger partial charge in [-0.05, 0) is 66.1 Å². The van der Waals surface area contributed by atoms with Gasteiger partial charge in [0.25, 0.3) is 5.91 Å². The standard InChI is InChI=1S/C42H66N6O7/c1-9-11-20-29(33(49)36(51)43-23-10-2)45-35(50)32-31-28(41(31,6)7)25-48(32)37(52)34(42(8)21-16-13-17-22-42)47-38(53)46-30(40(3,4)5)26-55-39(54)44-24-27-18-14-12-15-19-27/h1,10,27-32,34H,2,11-26H2,3-8H3,(H,43,51)(H,44,54)(H,45,50)(H2,46,47,53)/t28-,29?,30?,31-,32?,34?/m0/s1. The molecule has 0 aromatic carbocycles. The summed E-state index contributed by atoms with van der Waals surface area (Å²) in [4.78, 5) is 83.0. The smallest absolute Gasteiger partial charge is 0.407 e. The van der Waals surface area contributed by atoms with E-state index in [4.69, 9.17) is 11.2 Å². The van der Waals surface area contributed by atoms with Crippen LogP contribution in [0.25, 0.3) is 0 Å². The van der Waals surface area contributed by atoms with E-state index in [-0.39, 0.29) is 49.2 Å². The fraction of sp³-hybridized carbons (Fsp3) is 0.762. The maximum absolute atomic E-state index is 14.9. The van der Waals surface area contributed by atoms with E-state index < -0.39 is 64.7 Å². The van der Waals surface area contributed by atoms with Gasteiger partial charge >= 0.3 is 12.1 Å². The topological polar surface area (TPSA) is 175 Å². The fourth-order valence-corrected chi connectivity index (χ4v) is 8.99. The minimum Gasteiger partial charge on any atom is -0.447 e. The third-order valence-corrected chi connectivity index (χ3v) is 12.8. The van der Waals surface area contributed by atoms with E-state index in [0.29, 0.717) is 31.8 Å². The lowest BCUT2D eigenvalue weighted by atomic mass is 9.70. The molecule has 0 spiro atoms. The van der Waals surface area contributed by atoms with Gasteiger partial charge in [0, 0.05) is 26.1 Å². The third kappa shape index (κ3) is 11.0. The Morgan fingerprint density at radius 2 is 1.60 bits per heavy atom. The fourth-order valence-electron chi connectivity index (χ4n) is 8.99. The minimum absolute atomic E-state index is 0.0447. The zero-order valence-electron chi connectivity index (χ0n) is 34.0. The first-order chi connectivity index (χ1) is 25.9. The Morgan fingerprint density at radius 1 is 0.945 bits per heavy atom. The molecule has 306 valence electrons. The maximum Gasteiger partial charge on any atom is 0.407 e. The number of hydrogen-bond acceptors (Lipinski definition) is 7. The number of alkyl carbamates (subject to hydrolysis) is 1. The zero-order valence-corrected chi connectivity index (χ0v) is 34.0. The van der Waals surface area contributed by atoms with Crippen molar-refractivity contribution < 1.29 is 33.5 Å². The van der Waals surface area contributed by atoms with Crippen LogP contribution in [0.15, 0.2) is 12.7 Å². The number of urea groups is 1. The van der Waals surface area contributed by atoms with Crippen molar-refractivity contribution in [3.05, 3.63) is 12.7 Å². The molecule has 4 unspecified atom stereocenters. The highest BCUT2D eigenvalue weighted by Crippen LogP contribution is 2.65. The number of Topliss-reactive ketones (excluding diaryl/α,β-unsaturated/α-hetero) is 1. The number of hydrogen-bond donors (Lipinski definition) is 5. The second-order valence-corrected chi connectivity index (χ2v) is 18.2. The molecule has 3 saturated carbocycles. The maximum atomic E-state index is 14.9. The molecule has 0 bridgehead atoms. The van der Waals surface area contributed by atoms with Crippen LogP contribution in [0.2, 0.25) is 0 Å². The lowest BCUT2D eigenvalue weighted by molar-refractivity contribution is -0.146. The molecule has 13 nitrogen and oxygen atoms in total. The Hall–Kier alpha value is -4.08. The first-order valence-electron chi connectivity index (χ1n) is 20.4. The van der Waals surface area contributed by atoms with Crippen molar-refractivity contribution in [1.29, 1.82) is 0 Å². The van der Waals surface area contributed by atoms with Crippen LogP contribution in [0.3, 0.4) is 0 Å². The minimum atomic E-state index is -1.17. The largest absolute Gasteiger partial charge is 0.447 e. The number of terminal acetylenes is 1. The Bertz CT molecular complexity index is 1470. The Balaban J connectivity index is 1.51. The Kier molecular flexibility index (Phi) is 14.8. The van der Waals surface area contributed by atoms with Crippen LogP contribution in [0, 0.1) is 46.3 Å². The second kappa shape index (κ2) is 18.7. The molecule has 5 N–H and O–H groups in total. The first kappa shape index (κ1) is 43.6. The van der Waals surface area contributed by atoms with Gasteiger partial charge in [-0.15, -0.1) is 18.9 Å². The van der Waals surface area contributed by atoms with Gasteiger partial charge in [0.2, 0.25) is 17.6 Å². The van der Waals surface area contributed by atoms with Gasteiger partial charge in [0.15, 0.2) is 0 Å². The predicted molar refractivity (Wildman–Crippen MR) is 210 cm³/mol. The summed E-state index contributed by atoms with van der Waals surface area (Å²) in [5, 5.41) is 14.2. The number of amides is 6. The summed E-state index contributed by atoms with van der Waals surface area (Å²) in [6.07, 6.45) is 16.6. The lowest BCUT2D eigenvalue weighted by Crippen LogP contribution is -2.63. The SMILES string of the molecule is C#CCCC(NC(=O)C1[C@@H]2[C@H](CN1C(=O)C(NC(=O)NC(COC(=O)NCC1CCCCC1)C(C)(C)C)C1(C)CCCCC1)C2(C)C)C(=O)C(=O)NCC=C. The molecule has 1 aliphatic heterocycles. The van der Waals surface area contributed by atoms with Gasteiger partial charge in [-0.25, -0.2) is 9.59 Å². The van der Waals surface area contributed by atoms with E-state index in [2.05, 4.69) is 52.9 Å². The molecule has 3 aliphatic carbocycles. The highest BCUT2D eigenvalue weighted by Gasteiger charge is 2.70. The monoisotopic (exact) mass is 766 g/mol. The van der Waals surface area contributed by atoms with Crippen molar-refractivity contribution in [2.24, 2.45) is 34.0 Å². The Morgan fingerprint density at radius 3 is 2.22 bits per heavy atom. The van der Waals surface area contributed by atoms with Crippen LogP contribution in [0.1, 0.15) is 119 Å². The number of nitrogens with zero attached hydrogens (tertiary/aromatic N) is 1. The van der Waals surface area contributed by atoms with E-state index >= 15 is 0 Å². The molecular formula is C42H66N6O7. The van der Waals surface area contributed by atoms with Crippen molar-refractivity contribution in [3.8, 4) is 12.3 Å². The molecule has 6 amide bonds.